The maximum atomic E-state index is 2.52. The van der Waals surface area contributed by atoms with Crippen molar-refractivity contribution >= 4 is 58.2 Å². The molecule has 0 bridgehead atoms. The Kier molecular flexibility index (Phi) is 9.58. The van der Waals surface area contributed by atoms with Gasteiger partial charge in [-0.25, -0.2) is 0 Å². The summed E-state index contributed by atoms with van der Waals surface area (Å²) < 4.78 is 0. The summed E-state index contributed by atoms with van der Waals surface area (Å²) in [5.41, 5.74) is 16.2. The predicted molar refractivity (Wildman–Crippen MR) is 263 cm³/mol. The molecule has 9 aromatic rings. The monoisotopic (exact) mass is 802 g/mol. The molecule has 0 radical (unpaired) electrons. The Labute approximate surface area is 362 Å². The topological polar surface area (TPSA) is 6.48 Å². The van der Waals surface area contributed by atoms with E-state index in [0.29, 0.717) is 0 Å². The fourth-order valence-electron chi connectivity index (χ4n) is 9.59. The third kappa shape index (κ3) is 6.57. The Morgan fingerprint density at radius 3 is 1.36 bits per heavy atom. The van der Waals surface area contributed by atoms with Crippen LogP contribution in [0.3, 0.4) is 0 Å². The van der Waals surface area contributed by atoms with Crippen LogP contribution in [0.1, 0.15) is 33.4 Å². The first kappa shape index (κ1) is 38.3. The van der Waals surface area contributed by atoms with Gasteiger partial charge < -0.3 is 9.80 Å². The highest BCUT2D eigenvalue weighted by Crippen LogP contribution is 2.60. The summed E-state index contributed by atoms with van der Waals surface area (Å²) in [5, 5.41) is 3.90. The van der Waals surface area contributed by atoms with E-state index < -0.39 is 13.5 Å². The highest BCUT2D eigenvalue weighted by atomic mass is 28.3. The van der Waals surface area contributed by atoms with Gasteiger partial charge >= 0.3 is 0 Å². The molecule has 2 nitrogen and oxygen atoms in total. The number of nitrogens with zero attached hydrogens (tertiary/aromatic N) is 2. The van der Waals surface area contributed by atoms with Crippen LogP contribution in [0.2, 0.25) is 19.6 Å². The minimum atomic E-state index is -1.50. The van der Waals surface area contributed by atoms with Crippen LogP contribution in [0, 0.1) is 13.8 Å². The molecule has 0 aliphatic heterocycles. The lowest BCUT2D eigenvalue weighted by Gasteiger charge is -2.36. The van der Waals surface area contributed by atoms with Gasteiger partial charge in [0, 0.05) is 33.8 Å². The van der Waals surface area contributed by atoms with Gasteiger partial charge in [-0.2, -0.15) is 0 Å². The molecule has 0 unspecified atom stereocenters. The molecule has 296 valence electrons. The zero-order valence-electron chi connectivity index (χ0n) is 35.6. The normalized spacial score (nSPS) is 12.8. The predicted octanol–water partition coefficient (Wildman–Crippen LogP) is 15.3. The third-order valence-electron chi connectivity index (χ3n) is 12.6. The second-order valence-corrected chi connectivity index (χ2v) is 22.6. The summed E-state index contributed by atoms with van der Waals surface area (Å²) in [4.78, 5) is 4.88. The van der Waals surface area contributed by atoms with Gasteiger partial charge in [0.2, 0.25) is 0 Å². The molecule has 3 heteroatoms. The lowest BCUT2D eigenvalue weighted by atomic mass is 9.67. The van der Waals surface area contributed by atoms with Crippen LogP contribution in [0.25, 0.3) is 21.9 Å². The first-order valence-electron chi connectivity index (χ1n) is 21.4. The van der Waals surface area contributed by atoms with Crippen molar-refractivity contribution in [2.45, 2.75) is 38.9 Å². The van der Waals surface area contributed by atoms with Crippen LogP contribution < -0.4 is 15.0 Å². The molecule has 0 heterocycles. The fourth-order valence-corrected chi connectivity index (χ4v) is 10.8. The van der Waals surface area contributed by atoms with E-state index in [2.05, 4.69) is 256 Å². The van der Waals surface area contributed by atoms with Gasteiger partial charge in [0.1, 0.15) is 0 Å². The Morgan fingerprint density at radius 1 is 0.377 bits per heavy atom. The van der Waals surface area contributed by atoms with Gasteiger partial charge in [0.05, 0.1) is 19.2 Å². The van der Waals surface area contributed by atoms with E-state index in [1.807, 2.05) is 0 Å². The van der Waals surface area contributed by atoms with E-state index in [1.165, 1.54) is 60.5 Å². The first-order valence-corrected chi connectivity index (χ1v) is 24.9. The van der Waals surface area contributed by atoms with E-state index >= 15 is 0 Å². The van der Waals surface area contributed by atoms with Crippen molar-refractivity contribution in [3.05, 3.63) is 246 Å². The Balaban J connectivity index is 1.30. The summed E-state index contributed by atoms with van der Waals surface area (Å²) in [5.74, 6) is 0. The molecular formula is C58H50N2Si. The van der Waals surface area contributed by atoms with Crippen molar-refractivity contribution in [3.63, 3.8) is 0 Å². The zero-order chi connectivity index (χ0) is 41.7. The number of hydrogen-bond acceptors (Lipinski definition) is 2. The quantitative estimate of drug-likeness (QED) is 0.134. The fraction of sp³-hybridized carbons (Fsp3) is 0.103. The molecule has 1 aliphatic carbocycles. The lowest BCUT2D eigenvalue weighted by Crippen LogP contribution is -2.37. The molecule has 0 spiro atoms. The molecule has 0 aromatic heterocycles. The number of benzene rings is 9. The smallest absolute Gasteiger partial charge is 0.0775 e. The molecule has 1 aliphatic rings. The lowest BCUT2D eigenvalue weighted by molar-refractivity contribution is 0.769. The maximum Gasteiger partial charge on any atom is 0.0775 e. The number of hydrogen-bond donors (Lipinski definition) is 0. The minimum Gasteiger partial charge on any atom is -0.310 e. The van der Waals surface area contributed by atoms with Gasteiger partial charge in [-0.1, -0.05) is 182 Å². The van der Waals surface area contributed by atoms with E-state index in [-0.39, 0.29) is 0 Å². The summed E-state index contributed by atoms with van der Waals surface area (Å²) in [6.07, 6.45) is 0. The molecule has 0 saturated heterocycles. The number of rotatable bonds is 9. The van der Waals surface area contributed by atoms with Crippen molar-refractivity contribution in [2.75, 3.05) is 9.80 Å². The third-order valence-corrected chi connectivity index (χ3v) is 14.7. The molecule has 10 rings (SSSR count). The number of anilines is 6. The average Bonchev–Trinajstić information content (AvgIpc) is 3.59. The van der Waals surface area contributed by atoms with Gasteiger partial charge in [-0.3, -0.25) is 0 Å². The van der Waals surface area contributed by atoms with Crippen LogP contribution in [-0.4, -0.2) is 8.07 Å². The van der Waals surface area contributed by atoms with Crippen LogP contribution in [0.15, 0.2) is 212 Å². The van der Waals surface area contributed by atoms with Crippen LogP contribution in [0.4, 0.5) is 34.1 Å². The molecule has 0 fully saturated rings. The van der Waals surface area contributed by atoms with Crippen LogP contribution in [-0.2, 0) is 5.41 Å². The average molecular weight is 803 g/mol. The zero-order valence-corrected chi connectivity index (χ0v) is 36.6. The second kappa shape index (κ2) is 15.3. The van der Waals surface area contributed by atoms with Crippen molar-refractivity contribution in [1.82, 2.24) is 0 Å². The summed E-state index contributed by atoms with van der Waals surface area (Å²) >= 11 is 0. The first-order chi connectivity index (χ1) is 29.7. The van der Waals surface area contributed by atoms with Crippen molar-refractivity contribution in [1.29, 1.82) is 0 Å². The van der Waals surface area contributed by atoms with Gasteiger partial charge in [-0.15, -0.1) is 0 Å². The van der Waals surface area contributed by atoms with Crippen LogP contribution >= 0.6 is 0 Å². The number of para-hydroxylation sites is 1. The highest BCUT2D eigenvalue weighted by molar-refractivity contribution is 6.88. The largest absolute Gasteiger partial charge is 0.310 e. The van der Waals surface area contributed by atoms with Gasteiger partial charge in [-0.05, 0) is 119 Å². The SMILES string of the molecule is Cc1ccc(N(c2ccc(C)cc2)c2cc3c(c4ccccc24)-c2ccc(N(c4ccccc4)c4ccc([Si](C)(C)C)cc4)cc2C3(c2ccccc2)c2ccccc2)cc1. The van der Waals surface area contributed by atoms with Crippen molar-refractivity contribution in [3.8, 4) is 11.1 Å². The maximum absolute atomic E-state index is 2.52. The van der Waals surface area contributed by atoms with E-state index in [9.17, 15) is 0 Å². The number of fused-ring (bicyclic) bond motifs is 5. The molecule has 61 heavy (non-hydrogen) atoms. The summed E-state index contributed by atoms with van der Waals surface area (Å²) in [6, 6.07) is 79.2. The Bertz CT molecular complexity index is 2900. The summed E-state index contributed by atoms with van der Waals surface area (Å²) in [7, 11) is -1.50. The number of aryl methyl sites for hydroxylation is 2. The highest BCUT2D eigenvalue weighted by Gasteiger charge is 2.48. The second-order valence-electron chi connectivity index (χ2n) is 17.6. The standard InChI is InChI=1S/C58H50N2Si/c1-41-25-29-47(30-26-41)60(48-31-27-42(2)28-32-48)56-40-55-57(52-24-16-15-23-51(52)56)53-38-35-49(39-54(53)58(55,43-17-9-6-10-18-43)44-19-11-7-12-20-44)59(45-21-13-8-14-22-45)46-33-36-50(37-34-46)61(3,4)5/h6-40H,1-5H3. The van der Waals surface area contributed by atoms with Crippen molar-refractivity contribution < 1.29 is 0 Å². The minimum absolute atomic E-state index is 0.641. The van der Waals surface area contributed by atoms with Gasteiger partial charge in [0.15, 0.2) is 0 Å². The Hall–Kier alpha value is -6.94. The van der Waals surface area contributed by atoms with Crippen molar-refractivity contribution in [2.24, 2.45) is 0 Å². The molecule has 9 aromatic carbocycles. The van der Waals surface area contributed by atoms with E-state index in [4.69, 9.17) is 0 Å². The molecule has 0 saturated carbocycles. The Morgan fingerprint density at radius 2 is 0.820 bits per heavy atom. The molecule has 0 N–H and O–H groups in total. The molecular weight excluding hydrogens is 753 g/mol. The van der Waals surface area contributed by atoms with Crippen LogP contribution in [0.5, 0.6) is 0 Å². The van der Waals surface area contributed by atoms with E-state index in [1.54, 1.807) is 0 Å². The molecule has 0 atom stereocenters. The van der Waals surface area contributed by atoms with Gasteiger partial charge in [0.25, 0.3) is 0 Å². The summed E-state index contributed by atoms with van der Waals surface area (Å²) in [6.45, 7) is 11.6. The molecule has 0 amide bonds. The van der Waals surface area contributed by atoms with E-state index in [0.717, 1.165) is 34.1 Å².